The number of hydrogen-bond donors (Lipinski definition) is 1. The van der Waals surface area contributed by atoms with Crippen LogP contribution in [0.5, 0.6) is 0 Å². The maximum absolute atomic E-state index is 12.5. The summed E-state index contributed by atoms with van der Waals surface area (Å²) in [6, 6.07) is 7.32. The molecule has 0 amide bonds. The fraction of sp³-hybridized carbons (Fsp3) is 0.357. The minimum absolute atomic E-state index is 0.265. The molecule has 0 saturated heterocycles. The number of sulfonamides is 1. The third-order valence-electron chi connectivity index (χ3n) is 3.02. The van der Waals surface area contributed by atoms with Gasteiger partial charge in [-0.05, 0) is 32.2 Å². The van der Waals surface area contributed by atoms with Crippen molar-refractivity contribution in [2.24, 2.45) is 0 Å². The van der Waals surface area contributed by atoms with Crippen molar-refractivity contribution in [3.63, 3.8) is 0 Å². The highest BCUT2D eigenvalue weighted by Gasteiger charge is 2.22. The fourth-order valence-electron chi connectivity index (χ4n) is 1.94. The van der Waals surface area contributed by atoms with Crippen LogP contribution >= 0.6 is 11.3 Å². The summed E-state index contributed by atoms with van der Waals surface area (Å²) in [6.45, 7) is 2.82. The van der Waals surface area contributed by atoms with E-state index in [0.29, 0.717) is 11.4 Å². The number of aromatic nitrogens is 1. The van der Waals surface area contributed by atoms with Gasteiger partial charge in [-0.25, -0.2) is 8.42 Å². The van der Waals surface area contributed by atoms with Crippen LogP contribution in [-0.2, 0) is 23.1 Å². The molecular weight excluding hydrogens is 306 g/mol. The third-order valence-corrected chi connectivity index (χ3v) is 5.89. The van der Waals surface area contributed by atoms with Gasteiger partial charge in [0.2, 0.25) is 10.0 Å². The van der Waals surface area contributed by atoms with Crippen LogP contribution in [0.2, 0.25) is 0 Å². The molecule has 0 saturated carbocycles. The lowest BCUT2D eigenvalue weighted by Gasteiger charge is -2.16. The van der Waals surface area contributed by atoms with Gasteiger partial charge in [0.1, 0.15) is 0 Å². The molecule has 0 unspecified atom stereocenters. The average Bonchev–Trinajstić information content (AvgIpc) is 2.88. The van der Waals surface area contributed by atoms with Crippen molar-refractivity contribution < 1.29 is 8.42 Å². The first-order chi connectivity index (χ1) is 9.93. The Kier molecular flexibility index (Phi) is 5.10. The zero-order chi connectivity index (χ0) is 15.5. The number of nitrogens with zero attached hydrogens (tertiary/aromatic N) is 2. The maximum atomic E-state index is 12.5. The van der Waals surface area contributed by atoms with E-state index >= 15 is 0 Å². The second-order valence-corrected chi connectivity index (χ2v) is 7.85. The van der Waals surface area contributed by atoms with Crippen LogP contribution in [0.25, 0.3) is 0 Å². The van der Waals surface area contributed by atoms with Crippen LogP contribution in [0.4, 0.5) is 0 Å². The van der Waals surface area contributed by atoms with Crippen LogP contribution in [0.1, 0.15) is 16.3 Å². The van der Waals surface area contributed by atoms with E-state index in [1.165, 1.54) is 15.6 Å². The predicted molar refractivity (Wildman–Crippen MR) is 84.7 cm³/mol. The van der Waals surface area contributed by atoms with Gasteiger partial charge in [-0.3, -0.25) is 4.98 Å². The number of rotatable bonds is 6. The summed E-state index contributed by atoms with van der Waals surface area (Å²) < 4.78 is 26.4. The molecular formula is C14H19N3O2S2. The second kappa shape index (κ2) is 6.65. The SMILES string of the molecule is CNCc1cc(S(=O)(=O)N(C)Cc2cccc(C)n2)cs1. The van der Waals surface area contributed by atoms with Crippen molar-refractivity contribution in [3.05, 3.63) is 45.9 Å². The number of nitrogens with one attached hydrogen (secondary N) is 1. The van der Waals surface area contributed by atoms with Gasteiger partial charge in [0.05, 0.1) is 17.1 Å². The molecule has 0 atom stereocenters. The zero-order valence-corrected chi connectivity index (χ0v) is 14.0. The highest BCUT2D eigenvalue weighted by molar-refractivity contribution is 7.89. The Morgan fingerprint density at radius 2 is 2.14 bits per heavy atom. The molecule has 21 heavy (non-hydrogen) atoms. The van der Waals surface area contributed by atoms with Gasteiger partial charge in [0.25, 0.3) is 0 Å². The van der Waals surface area contributed by atoms with Crippen molar-refractivity contribution in [1.29, 1.82) is 0 Å². The van der Waals surface area contributed by atoms with E-state index < -0.39 is 10.0 Å². The van der Waals surface area contributed by atoms with Crippen molar-refractivity contribution in [1.82, 2.24) is 14.6 Å². The summed E-state index contributed by atoms with van der Waals surface area (Å²) in [5, 5.41) is 4.70. The molecule has 1 N–H and O–H groups in total. The minimum atomic E-state index is -3.47. The van der Waals surface area contributed by atoms with Gasteiger partial charge in [0.15, 0.2) is 0 Å². The summed E-state index contributed by atoms with van der Waals surface area (Å²) in [5.74, 6) is 0. The Balaban J connectivity index is 2.17. The van der Waals surface area contributed by atoms with Crippen molar-refractivity contribution in [2.75, 3.05) is 14.1 Å². The average molecular weight is 325 g/mol. The Hall–Kier alpha value is -1.28. The lowest BCUT2D eigenvalue weighted by Crippen LogP contribution is -2.26. The monoisotopic (exact) mass is 325 g/mol. The maximum Gasteiger partial charge on any atom is 0.244 e. The Morgan fingerprint density at radius 1 is 1.38 bits per heavy atom. The number of thiophene rings is 1. The van der Waals surface area contributed by atoms with E-state index in [1.54, 1.807) is 18.5 Å². The molecule has 114 valence electrons. The smallest absolute Gasteiger partial charge is 0.244 e. The standard InChI is InChI=1S/C14H19N3O2S2/c1-11-5-4-6-12(16-11)9-17(3)21(18,19)14-7-13(8-15-2)20-10-14/h4-7,10,15H,8-9H2,1-3H3. The first-order valence-corrected chi connectivity index (χ1v) is 8.86. The fourth-order valence-corrected chi connectivity index (χ4v) is 4.36. The number of aryl methyl sites for hydroxylation is 1. The Morgan fingerprint density at radius 3 is 2.81 bits per heavy atom. The molecule has 2 aromatic heterocycles. The van der Waals surface area contributed by atoms with E-state index in [1.807, 2.05) is 32.2 Å². The van der Waals surface area contributed by atoms with E-state index in [4.69, 9.17) is 0 Å². The quantitative estimate of drug-likeness (QED) is 0.882. The van der Waals surface area contributed by atoms with Gasteiger partial charge in [-0.1, -0.05) is 6.07 Å². The molecule has 2 rings (SSSR count). The molecule has 0 bridgehead atoms. The largest absolute Gasteiger partial charge is 0.315 e. The highest BCUT2D eigenvalue weighted by Crippen LogP contribution is 2.22. The zero-order valence-electron chi connectivity index (χ0n) is 12.3. The van der Waals surface area contributed by atoms with Gasteiger partial charge < -0.3 is 5.32 Å². The van der Waals surface area contributed by atoms with Gasteiger partial charge in [-0.15, -0.1) is 11.3 Å². The molecule has 0 aliphatic rings. The predicted octanol–water partition coefficient (Wildman–Crippen LogP) is 1.99. The molecule has 0 aromatic carbocycles. The number of pyridine rings is 1. The van der Waals surface area contributed by atoms with E-state index in [9.17, 15) is 8.42 Å². The molecule has 5 nitrogen and oxygen atoms in total. The summed E-state index contributed by atoms with van der Waals surface area (Å²) in [4.78, 5) is 5.68. The van der Waals surface area contributed by atoms with Crippen molar-refractivity contribution in [2.45, 2.75) is 24.9 Å². The Labute approximate surface area is 129 Å². The summed E-state index contributed by atoms with van der Waals surface area (Å²) in [5.41, 5.74) is 1.62. The van der Waals surface area contributed by atoms with Crippen LogP contribution < -0.4 is 5.32 Å². The summed E-state index contributed by atoms with van der Waals surface area (Å²) in [7, 11) is -0.0567. The summed E-state index contributed by atoms with van der Waals surface area (Å²) >= 11 is 1.44. The topological polar surface area (TPSA) is 62.3 Å². The van der Waals surface area contributed by atoms with E-state index in [-0.39, 0.29) is 6.54 Å². The van der Waals surface area contributed by atoms with Gasteiger partial charge in [0, 0.05) is 29.5 Å². The lowest BCUT2D eigenvalue weighted by atomic mass is 10.3. The molecule has 0 aliphatic carbocycles. The van der Waals surface area contributed by atoms with E-state index in [0.717, 1.165) is 16.3 Å². The van der Waals surface area contributed by atoms with Crippen molar-refractivity contribution in [3.8, 4) is 0 Å². The summed E-state index contributed by atoms with van der Waals surface area (Å²) in [6.07, 6.45) is 0. The first-order valence-electron chi connectivity index (χ1n) is 6.54. The molecule has 0 spiro atoms. The second-order valence-electron chi connectivity index (χ2n) is 4.81. The van der Waals surface area contributed by atoms with Crippen LogP contribution in [-0.4, -0.2) is 31.8 Å². The normalized spacial score (nSPS) is 12.0. The molecule has 0 fully saturated rings. The van der Waals surface area contributed by atoms with Crippen molar-refractivity contribution >= 4 is 21.4 Å². The van der Waals surface area contributed by atoms with Gasteiger partial charge in [-0.2, -0.15) is 4.31 Å². The first kappa shape index (κ1) is 16.1. The molecule has 2 heterocycles. The molecule has 2 aromatic rings. The number of hydrogen-bond acceptors (Lipinski definition) is 5. The Bertz CT molecular complexity index is 711. The minimum Gasteiger partial charge on any atom is -0.315 e. The third kappa shape index (κ3) is 3.88. The van der Waals surface area contributed by atoms with Gasteiger partial charge >= 0.3 is 0 Å². The molecule has 0 radical (unpaired) electrons. The van der Waals surface area contributed by atoms with E-state index in [2.05, 4.69) is 10.3 Å². The van der Waals surface area contributed by atoms with Crippen LogP contribution in [0.15, 0.2) is 34.5 Å². The van der Waals surface area contributed by atoms with Crippen LogP contribution in [0, 0.1) is 6.92 Å². The van der Waals surface area contributed by atoms with Crippen LogP contribution in [0.3, 0.4) is 0 Å². The highest BCUT2D eigenvalue weighted by atomic mass is 32.2. The molecule has 7 heteroatoms. The molecule has 0 aliphatic heterocycles. The lowest BCUT2D eigenvalue weighted by molar-refractivity contribution is 0.462.